The minimum absolute atomic E-state index is 0.00634. The molecule has 0 saturated heterocycles. The monoisotopic (exact) mass is 445 g/mol. The van der Waals surface area contributed by atoms with Gasteiger partial charge in [0.25, 0.3) is 0 Å². The van der Waals surface area contributed by atoms with Crippen LogP contribution in [0.4, 0.5) is 0 Å². The summed E-state index contributed by atoms with van der Waals surface area (Å²) in [5.74, 6) is 0.455. The molecule has 0 bridgehead atoms. The molecule has 0 aliphatic heterocycles. The zero-order chi connectivity index (χ0) is 22.0. The first-order valence-electron chi connectivity index (χ1n) is 11.0. The molecule has 0 radical (unpaired) electrons. The Bertz CT molecular complexity index is 952. The number of nitrogens with zero attached hydrogens (tertiary/aromatic N) is 3. The number of aryl methyl sites for hydroxylation is 1. The molecule has 0 aromatic carbocycles. The number of nitrogens with one attached hydrogen (secondary N) is 2. The highest BCUT2D eigenvalue weighted by Crippen LogP contribution is 2.47. The van der Waals surface area contributed by atoms with Crippen LogP contribution in [0, 0.1) is 0 Å². The van der Waals surface area contributed by atoms with Gasteiger partial charge in [0.2, 0.25) is 17.7 Å². The van der Waals surface area contributed by atoms with Gasteiger partial charge in [-0.1, -0.05) is 0 Å². The summed E-state index contributed by atoms with van der Waals surface area (Å²) in [6.45, 7) is 0.00634. The van der Waals surface area contributed by atoms with Crippen LogP contribution in [0.1, 0.15) is 54.9 Å². The lowest BCUT2D eigenvalue weighted by Crippen LogP contribution is -2.35. The van der Waals surface area contributed by atoms with Gasteiger partial charge in [0.05, 0.1) is 11.9 Å². The summed E-state index contributed by atoms with van der Waals surface area (Å²) in [7, 11) is 5.84. The molecule has 1 fully saturated rings. The van der Waals surface area contributed by atoms with Gasteiger partial charge in [0.15, 0.2) is 0 Å². The molecule has 31 heavy (non-hydrogen) atoms. The Labute approximate surface area is 186 Å². The second-order valence-corrected chi connectivity index (χ2v) is 9.78. The van der Waals surface area contributed by atoms with Crippen LogP contribution < -0.4 is 15.4 Å². The van der Waals surface area contributed by atoms with E-state index in [9.17, 15) is 9.59 Å². The molecule has 0 spiro atoms. The van der Waals surface area contributed by atoms with E-state index in [1.165, 1.54) is 10.4 Å². The van der Waals surface area contributed by atoms with Crippen molar-refractivity contribution in [2.75, 3.05) is 27.7 Å². The van der Waals surface area contributed by atoms with Crippen LogP contribution in [0.2, 0.25) is 0 Å². The Hall–Kier alpha value is -2.26. The summed E-state index contributed by atoms with van der Waals surface area (Å²) in [4.78, 5) is 37.3. The predicted molar refractivity (Wildman–Crippen MR) is 121 cm³/mol. The SMILES string of the molecule is CNC(=O)CNC(=O)C[C@H]1CCc2sc3ncnc(OC4CCC(N(C)C)CC4)c3c21. The number of hydrogen-bond donors (Lipinski definition) is 2. The van der Waals surface area contributed by atoms with Gasteiger partial charge >= 0.3 is 0 Å². The molecule has 8 nitrogen and oxygen atoms in total. The van der Waals surface area contributed by atoms with Gasteiger partial charge < -0.3 is 20.3 Å². The van der Waals surface area contributed by atoms with Crippen LogP contribution >= 0.6 is 11.3 Å². The van der Waals surface area contributed by atoms with Gasteiger partial charge in [-0.25, -0.2) is 9.97 Å². The van der Waals surface area contributed by atoms with E-state index in [4.69, 9.17) is 4.74 Å². The third-order valence-corrected chi connectivity index (χ3v) is 7.68. The van der Waals surface area contributed by atoms with Crippen molar-refractivity contribution < 1.29 is 14.3 Å². The molecule has 1 saturated carbocycles. The first-order chi connectivity index (χ1) is 15.0. The van der Waals surface area contributed by atoms with Crippen LogP contribution in [-0.4, -0.2) is 66.5 Å². The second-order valence-electron chi connectivity index (χ2n) is 8.70. The summed E-state index contributed by atoms with van der Waals surface area (Å²) in [5.41, 5.74) is 1.17. The summed E-state index contributed by atoms with van der Waals surface area (Å²) < 4.78 is 6.41. The van der Waals surface area contributed by atoms with Gasteiger partial charge in [-0.15, -0.1) is 11.3 Å². The fraction of sp³-hybridized carbons (Fsp3) is 0.636. The molecular weight excluding hydrogens is 414 g/mol. The normalized spacial score (nSPS) is 23.0. The highest BCUT2D eigenvalue weighted by Gasteiger charge is 2.32. The van der Waals surface area contributed by atoms with Crippen LogP contribution in [0.15, 0.2) is 6.33 Å². The summed E-state index contributed by atoms with van der Waals surface area (Å²) in [6.07, 6.45) is 8.27. The Kier molecular flexibility index (Phi) is 6.71. The highest BCUT2D eigenvalue weighted by atomic mass is 32.1. The van der Waals surface area contributed by atoms with Gasteiger partial charge in [0, 0.05) is 24.4 Å². The van der Waals surface area contributed by atoms with Gasteiger partial charge in [-0.05, 0) is 64.1 Å². The molecule has 2 aromatic rings. The molecule has 2 aliphatic carbocycles. The molecule has 2 heterocycles. The largest absolute Gasteiger partial charge is 0.474 e. The fourth-order valence-electron chi connectivity index (χ4n) is 4.73. The van der Waals surface area contributed by atoms with Crippen molar-refractivity contribution in [3.05, 3.63) is 16.8 Å². The van der Waals surface area contributed by atoms with Gasteiger partial charge in [-0.3, -0.25) is 9.59 Å². The van der Waals surface area contributed by atoms with Crippen LogP contribution in [-0.2, 0) is 16.0 Å². The van der Waals surface area contributed by atoms with E-state index in [1.807, 2.05) is 0 Å². The fourth-order valence-corrected chi connectivity index (χ4v) is 5.97. The molecule has 2 aromatic heterocycles. The van der Waals surface area contributed by atoms with Gasteiger partial charge in [-0.2, -0.15) is 0 Å². The highest BCUT2D eigenvalue weighted by molar-refractivity contribution is 7.19. The average molecular weight is 446 g/mol. The number of carbonyl (C=O) groups is 2. The first-order valence-corrected chi connectivity index (χ1v) is 11.8. The van der Waals surface area contributed by atoms with Crippen molar-refractivity contribution in [1.82, 2.24) is 25.5 Å². The molecule has 0 unspecified atom stereocenters. The lowest BCUT2D eigenvalue weighted by Gasteiger charge is -2.32. The first kappa shape index (κ1) is 22.0. The van der Waals surface area contributed by atoms with Crippen molar-refractivity contribution in [2.24, 2.45) is 0 Å². The number of aromatic nitrogens is 2. The molecule has 168 valence electrons. The molecular formula is C22H31N5O3S. The predicted octanol–water partition coefficient (Wildman–Crippen LogP) is 2.22. The third kappa shape index (κ3) is 4.82. The number of carbonyl (C=O) groups excluding carboxylic acids is 2. The summed E-state index contributed by atoms with van der Waals surface area (Å²) in [6, 6.07) is 0.619. The molecule has 2 aliphatic rings. The number of thiophene rings is 1. The van der Waals surface area contributed by atoms with E-state index in [-0.39, 0.29) is 30.4 Å². The molecule has 2 N–H and O–H groups in total. The lowest BCUT2D eigenvalue weighted by molar-refractivity contribution is -0.126. The van der Waals surface area contributed by atoms with E-state index >= 15 is 0 Å². The number of amides is 2. The third-order valence-electron chi connectivity index (χ3n) is 6.50. The zero-order valence-electron chi connectivity index (χ0n) is 18.4. The Morgan fingerprint density at radius 3 is 2.65 bits per heavy atom. The van der Waals surface area contributed by atoms with E-state index in [1.54, 1.807) is 24.7 Å². The molecule has 4 rings (SSSR count). The topological polar surface area (TPSA) is 96.5 Å². The maximum Gasteiger partial charge on any atom is 0.239 e. The smallest absolute Gasteiger partial charge is 0.239 e. The van der Waals surface area contributed by atoms with E-state index in [2.05, 4.69) is 39.6 Å². The minimum Gasteiger partial charge on any atom is -0.474 e. The number of ether oxygens (including phenoxy) is 1. The zero-order valence-corrected chi connectivity index (χ0v) is 19.3. The van der Waals surface area contributed by atoms with Crippen molar-refractivity contribution in [3.63, 3.8) is 0 Å². The molecule has 2 amide bonds. The Balaban J connectivity index is 1.50. The van der Waals surface area contributed by atoms with E-state index in [0.29, 0.717) is 18.3 Å². The minimum atomic E-state index is -0.200. The van der Waals surface area contributed by atoms with Crippen molar-refractivity contribution >= 4 is 33.4 Å². The lowest BCUT2D eigenvalue weighted by atomic mass is 9.92. The quantitative estimate of drug-likeness (QED) is 0.678. The van der Waals surface area contributed by atoms with E-state index < -0.39 is 0 Å². The second kappa shape index (κ2) is 9.48. The van der Waals surface area contributed by atoms with Crippen LogP contribution in [0.3, 0.4) is 0 Å². The number of hydrogen-bond acceptors (Lipinski definition) is 7. The Morgan fingerprint density at radius 2 is 1.94 bits per heavy atom. The van der Waals surface area contributed by atoms with Gasteiger partial charge in [0.1, 0.15) is 17.3 Å². The number of rotatable bonds is 7. The number of likely N-dealkylation sites (N-methyl/N-ethyl adjacent to an activating group) is 1. The van der Waals surface area contributed by atoms with E-state index in [0.717, 1.165) is 48.7 Å². The molecule has 9 heteroatoms. The summed E-state index contributed by atoms with van der Waals surface area (Å²) in [5, 5.41) is 6.21. The van der Waals surface area contributed by atoms with Crippen LogP contribution in [0.25, 0.3) is 10.2 Å². The Morgan fingerprint density at radius 1 is 1.16 bits per heavy atom. The van der Waals surface area contributed by atoms with Crippen molar-refractivity contribution in [1.29, 1.82) is 0 Å². The molecule has 1 atom stereocenters. The van der Waals surface area contributed by atoms with Crippen LogP contribution in [0.5, 0.6) is 5.88 Å². The standard InChI is InChI=1S/C22H31N5O3S/c1-23-18(29)11-24-17(28)10-13-4-9-16-19(13)20-21(25-12-26-22(20)31-16)30-15-7-5-14(6-8-15)27(2)3/h12-15H,4-11H2,1-3H3,(H,23,29)(H,24,28)/t13-,14?,15?/m1/s1. The van der Waals surface area contributed by atoms with Crippen molar-refractivity contribution in [3.8, 4) is 5.88 Å². The average Bonchev–Trinajstić information content (AvgIpc) is 3.32. The maximum atomic E-state index is 12.4. The van der Waals surface area contributed by atoms with Crippen molar-refractivity contribution in [2.45, 2.75) is 63.0 Å². The summed E-state index contributed by atoms with van der Waals surface area (Å²) >= 11 is 1.69. The number of fused-ring (bicyclic) bond motifs is 3. The maximum absolute atomic E-state index is 12.4.